The Labute approximate surface area is 82.7 Å². The van der Waals surface area contributed by atoms with E-state index in [1.54, 1.807) is 17.5 Å². The summed E-state index contributed by atoms with van der Waals surface area (Å²) in [6.07, 6.45) is 1.76. The average molecular weight is 240 g/mol. The van der Waals surface area contributed by atoms with Gasteiger partial charge < -0.3 is 0 Å². The Balaban J connectivity index is 2.93. The van der Waals surface area contributed by atoms with E-state index in [0.717, 1.165) is 10.1 Å². The fraction of sp³-hybridized carbons (Fsp3) is 0.125. The van der Waals surface area contributed by atoms with E-state index in [4.69, 9.17) is 0 Å². The van der Waals surface area contributed by atoms with Crippen molar-refractivity contribution in [3.8, 4) is 0 Å². The highest BCUT2D eigenvalue weighted by atomic mass is 79.9. The lowest BCUT2D eigenvalue weighted by Crippen LogP contribution is -1.82. The molecule has 0 fully saturated rings. The monoisotopic (exact) mass is 239 g/mol. The number of aryl methyl sites for hydroxylation is 1. The zero-order chi connectivity index (χ0) is 9.42. The summed E-state index contributed by atoms with van der Waals surface area (Å²) in [5, 5.41) is 2.93. The van der Waals surface area contributed by atoms with Crippen LogP contribution >= 0.6 is 15.9 Å². The first-order valence-electron chi connectivity index (χ1n) is 3.70. The van der Waals surface area contributed by atoms with Gasteiger partial charge in [0.1, 0.15) is 0 Å². The van der Waals surface area contributed by atoms with Gasteiger partial charge in [-0.3, -0.25) is 4.40 Å². The Morgan fingerprint density at radius 1 is 1.62 bits per heavy atom. The third-order valence-electron chi connectivity index (χ3n) is 1.83. The van der Waals surface area contributed by atoms with Gasteiger partial charge >= 0.3 is 0 Å². The quantitative estimate of drug-likeness (QED) is 0.719. The van der Waals surface area contributed by atoms with Gasteiger partial charge in [0, 0.05) is 6.20 Å². The average Bonchev–Trinajstić information content (AvgIpc) is 2.43. The molecular formula is C8H6BrN3O. The van der Waals surface area contributed by atoms with Crippen LogP contribution in [0.1, 0.15) is 5.69 Å². The number of halogens is 1. The Morgan fingerprint density at radius 3 is 3.08 bits per heavy atom. The second kappa shape index (κ2) is 2.92. The highest BCUT2D eigenvalue weighted by molar-refractivity contribution is 9.10. The maximum atomic E-state index is 10.5. The first-order chi connectivity index (χ1) is 6.24. The van der Waals surface area contributed by atoms with Crippen molar-refractivity contribution in [2.45, 2.75) is 6.92 Å². The number of nitroso groups, excluding NO2 is 1. The van der Waals surface area contributed by atoms with Crippen molar-refractivity contribution < 1.29 is 0 Å². The number of hydrogen-bond acceptors (Lipinski definition) is 3. The van der Waals surface area contributed by atoms with Crippen molar-refractivity contribution in [2.24, 2.45) is 5.18 Å². The topological polar surface area (TPSA) is 46.7 Å². The molecule has 0 saturated carbocycles. The predicted octanol–water partition coefficient (Wildman–Crippen LogP) is 2.80. The van der Waals surface area contributed by atoms with E-state index < -0.39 is 0 Å². The fourth-order valence-electron chi connectivity index (χ4n) is 1.25. The summed E-state index contributed by atoms with van der Waals surface area (Å²) < 4.78 is 2.51. The molecule has 0 unspecified atom stereocenters. The molecular weight excluding hydrogens is 234 g/mol. The summed E-state index contributed by atoms with van der Waals surface area (Å²) in [5.74, 6) is 0.358. The van der Waals surface area contributed by atoms with Crippen molar-refractivity contribution in [3.63, 3.8) is 0 Å². The lowest BCUT2D eigenvalue weighted by atomic mass is 10.5. The summed E-state index contributed by atoms with van der Waals surface area (Å²) in [6.45, 7) is 1.76. The van der Waals surface area contributed by atoms with Gasteiger partial charge in [0.05, 0.1) is 10.2 Å². The van der Waals surface area contributed by atoms with Crippen LogP contribution in [0.25, 0.3) is 5.65 Å². The molecule has 2 rings (SSSR count). The van der Waals surface area contributed by atoms with Gasteiger partial charge in [-0.2, -0.15) is 0 Å². The fourth-order valence-corrected chi connectivity index (χ4v) is 1.68. The van der Waals surface area contributed by atoms with Crippen molar-refractivity contribution >= 4 is 27.4 Å². The molecule has 0 bridgehead atoms. The van der Waals surface area contributed by atoms with Crippen molar-refractivity contribution in [1.82, 2.24) is 9.38 Å². The number of fused-ring (bicyclic) bond motifs is 1. The van der Waals surface area contributed by atoms with E-state index in [9.17, 15) is 4.91 Å². The van der Waals surface area contributed by atoms with Gasteiger partial charge in [0.2, 0.25) is 5.82 Å². The minimum atomic E-state index is 0.358. The third-order valence-corrected chi connectivity index (χ3v) is 2.45. The first-order valence-corrected chi connectivity index (χ1v) is 4.50. The minimum Gasteiger partial charge on any atom is -0.281 e. The summed E-state index contributed by atoms with van der Waals surface area (Å²) in [4.78, 5) is 14.7. The van der Waals surface area contributed by atoms with Crippen LogP contribution in [0.4, 0.5) is 5.82 Å². The SMILES string of the molecule is Cc1nc2c(Br)cccn2c1N=O. The summed E-state index contributed by atoms with van der Waals surface area (Å²) in [6, 6.07) is 3.70. The van der Waals surface area contributed by atoms with E-state index in [2.05, 4.69) is 26.1 Å². The molecule has 5 heteroatoms. The number of rotatable bonds is 1. The van der Waals surface area contributed by atoms with Crippen LogP contribution in [0.2, 0.25) is 0 Å². The molecule has 2 aromatic rings. The maximum Gasteiger partial charge on any atom is 0.204 e. The molecule has 0 aliphatic carbocycles. The van der Waals surface area contributed by atoms with Crippen molar-refractivity contribution in [1.29, 1.82) is 0 Å². The van der Waals surface area contributed by atoms with E-state index in [-0.39, 0.29) is 0 Å². The molecule has 13 heavy (non-hydrogen) atoms. The molecule has 0 radical (unpaired) electrons. The predicted molar refractivity (Wildman–Crippen MR) is 53.1 cm³/mol. The largest absolute Gasteiger partial charge is 0.281 e. The van der Waals surface area contributed by atoms with Crippen LogP contribution in [0.5, 0.6) is 0 Å². The Hall–Kier alpha value is -1.23. The van der Waals surface area contributed by atoms with Crippen LogP contribution < -0.4 is 0 Å². The van der Waals surface area contributed by atoms with Gasteiger partial charge in [-0.05, 0) is 40.2 Å². The second-order valence-electron chi connectivity index (χ2n) is 2.66. The molecule has 2 aromatic heterocycles. The molecule has 0 aliphatic heterocycles. The summed E-state index contributed by atoms with van der Waals surface area (Å²) in [7, 11) is 0. The number of nitrogens with zero attached hydrogens (tertiary/aromatic N) is 3. The van der Waals surface area contributed by atoms with E-state index in [0.29, 0.717) is 11.5 Å². The van der Waals surface area contributed by atoms with Crippen LogP contribution in [0.15, 0.2) is 28.0 Å². The zero-order valence-electron chi connectivity index (χ0n) is 6.86. The number of pyridine rings is 1. The normalized spacial score (nSPS) is 10.6. The van der Waals surface area contributed by atoms with E-state index >= 15 is 0 Å². The summed E-state index contributed by atoms with van der Waals surface area (Å²) in [5.41, 5.74) is 1.36. The van der Waals surface area contributed by atoms with Gasteiger partial charge in [0.15, 0.2) is 5.65 Å². The van der Waals surface area contributed by atoms with Crippen LogP contribution in [-0.4, -0.2) is 9.38 Å². The lowest BCUT2D eigenvalue weighted by Gasteiger charge is -1.94. The van der Waals surface area contributed by atoms with Crippen LogP contribution in [0, 0.1) is 11.8 Å². The van der Waals surface area contributed by atoms with E-state index in [1.807, 2.05) is 12.1 Å². The third kappa shape index (κ3) is 1.16. The lowest BCUT2D eigenvalue weighted by molar-refractivity contribution is 1.15. The molecule has 0 spiro atoms. The van der Waals surface area contributed by atoms with Gasteiger partial charge in [-0.25, -0.2) is 4.98 Å². The second-order valence-corrected chi connectivity index (χ2v) is 3.52. The number of aromatic nitrogens is 2. The maximum absolute atomic E-state index is 10.5. The van der Waals surface area contributed by atoms with Gasteiger partial charge in [-0.15, -0.1) is 4.91 Å². The Bertz CT molecular complexity index is 477. The smallest absolute Gasteiger partial charge is 0.204 e. The van der Waals surface area contributed by atoms with Crippen LogP contribution in [0.3, 0.4) is 0 Å². The number of imidazole rings is 1. The summed E-state index contributed by atoms with van der Waals surface area (Å²) >= 11 is 3.35. The van der Waals surface area contributed by atoms with Crippen molar-refractivity contribution in [3.05, 3.63) is 33.4 Å². The highest BCUT2D eigenvalue weighted by Crippen LogP contribution is 2.24. The molecule has 0 N–H and O–H groups in total. The Morgan fingerprint density at radius 2 is 2.38 bits per heavy atom. The minimum absolute atomic E-state index is 0.358. The van der Waals surface area contributed by atoms with Crippen LogP contribution in [-0.2, 0) is 0 Å². The van der Waals surface area contributed by atoms with E-state index in [1.165, 1.54) is 0 Å². The number of hydrogen-bond donors (Lipinski definition) is 0. The molecule has 2 heterocycles. The highest BCUT2D eigenvalue weighted by Gasteiger charge is 2.09. The zero-order valence-corrected chi connectivity index (χ0v) is 8.45. The molecule has 0 aliphatic rings. The van der Waals surface area contributed by atoms with Crippen molar-refractivity contribution in [2.75, 3.05) is 0 Å². The molecule has 66 valence electrons. The molecule has 0 aromatic carbocycles. The molecule has 4 nitrogen and oxygen atoms in total. The van der Waals surface area contributed by atoms with Gasteiger partial charge in [0.25, 0.3) is 0 Å². The molecule has 0 saturated heterocycles. The Kier molecular flexibility index (Phi) is 1.88. The first kappa shape index (κ1) is 8.37. The van der Waals surface area contributed by atoms with Gasteiger partial charge in [-0.1, -0.05) is 0 Å². The molecule has 0 atom stereocenters. The molecule has 0 amide bonds. The standard InChI is InChI=1S/C8H6BrN3O/c1-5-7(11-13)12-4-2-3-6(9)8(12)10-5/h2-4H,1H3.